The zero-order chi connectivity index (χ0) is 17.8. The molecule has 6 nitrogen and oxygen atoms in total. The van der Waals surface area contributed by atoms with E-state index in [1.807, 2.05) is 47.3 Å². The summed E-state index contributed by atoms with van der Waals surface area (Å²) in [6.07, 6.45) is 5.89. The number of carbonyl (C=O) groups is 1. The van der Waals surface area contributed by atoms with Gasteiger partial charge in [0.2, 0.25) is 0 Å². The molecule has 0 saturated heterocycles. The molecule has 0 aliphatic rings. The summed E-state index contributed by atoms with van der Waals surface area (Å²) in [5.41, 5.74) is 1.82. The van der Waals surface area contributed by atoms with Crippen LogP contribution in [0, 0.1) is 0 Å². The Labute approximate surface area is 150 Å². The van der Waals surface area contributed by atoms with E-state index in [0.717, 1.165) is 10.9 Å². The lowest BCUT2D eigenvalue weighted by Gasteiger charge is -2.09. The average molecular weight is 347 g/mol. The third kappa shape index (κ3) is 3.35. The first-order chi connectivity index (χ1) is 12.8. The zero-order valence-corrected chi connectivity index (χ0v) is 14.0. The highest BCUT2D eigenvalue weighted by Gasteiger charge is 2.16. The van der Waals surface area contributed by atoms with Crippen LogP contribution in [0.15, 0.2) is 71.6 Å². The Morgan fingerprint density at radius 1 is 1.15 bits per heavy atom. The minimum atomic E-state index is -0.364. The van der Waals surface area contributed by atoms with Crippen molar-refractivity contribution in [1.82, 2.24) is 14.8 Å². The minimum absolute atomic E-state index is 0.325. The summed E-state index contributed by atoms with van der Waals surface area (Å²) in [6.45, 7) is 1.03. The average Bonchev–Trinajstić information content (AvgIpc) is 3.38. The molecule has 0 atom stereocenters. The standard InChI is InChI=1S/C20H17N3O3/c24-20(26-13-5-11-23-10-4-9-21-23)16-14-18(19-8-3-12-25-19)22-17-7-2-1-6-15(16)17/h1-4,6-10,12,14H,5,11,13H2. The lowest BCUT2D eigenvalue weighted by Crippen LogP contribution is -2.10. The Morgan fingerprint density at radius 3 is 2.88 bits per heavy atom. The number of aromatic nitrogens is 3. The van der Waals surface area contributed by atoms with E-state index in [4.69, 9.17) is 9.15 Å². The van der Waals surface area contributed by atoms with Crippen LogP contribution < -0.4 is 0 Å². The SMILES string of the molecule is O=C(OCCCn1cccn1)c1cc(-c2ccco2)nc2ccccc12. The first-order valence-electron chi connectivity index (χ1n) is 8.39. The van der Waals surface area contributed by atoms with Crippen LogP contribution in [0.5, 0.6) is 0 Å². The van der Waals surface area contributed by atoms with Crippen molar-refractivity contribution in [3.05, 3.63) is 72.8 Å². The van der Waals surface area contributed by atoms with Gasteiger partial charge in [0.15, 0.2) is 5.76 Å². The predicted molar refractivity (Wildman–Crippen MR) is 96.6 cm³/mol. The summed E-state index contributed by atoms with van der Waals surface area (Å²) in [5.74, 6) is 0.250. The van der Waals surface area contributed by atoms with Gasteiger partial charge in [0.05, 0.1) is 24.0 Å². The third-order valence-electron chi connectivity index (χ3n) is 4.03. The van der Waals surface area contributed by atoms with Gasteiger partial charge in [-0.05, 0) is 30.3 Å². The summed E-state index contributed by atoms with van der Waals surface area (Å²) in [6, 6.07) is 14.7. The summed E-state index contributed by atoms with van der Waals surface area (Å²) in [4.78, 5) is 17.2. The lowest BCUT2D eigenvalue weighted by molar-refractivity contribution is 0.0497. The maximum atomic E-state index is 12.6. The van der Waals surface area contributed by atoms with E-state index in [1.54, 1.807) is 24.6 Å². The van der Waals surface area contributed by atoms with Gasteiger partial charge in [-0.3, -0.25) is 4.68 Å². The first-order valence-corrected chi connectivity index (χ1v) is 8.39. The van der Waals surface area contributed by atoms with Crippen LogP contribution in [-0.4, -0.2) is 27.3 Å². The Balaban J connectivity index is 1.55. The highest BCUT2D eigenvalue weighted by atomic mass is 16.5. The predicted octanol–water partition coefficient (Wildman–Crippen LogP) is 3.94. The maximum absolute atomic E-state index is 12.6. The number of nitrogens with zero attached hydrogens (tertiary/aromatic N) is 3. The Hall–Kier alpha value is -3.41. The van der Waals surface area contributed by atoms with Crippen LogP contribution in [0.1, 0.15) is 16.8 Å². The molecule has 0 unspecified atom stereocenters. The number of hydrogen-bond acceptors (Lipinski definition) is 5. The van der Waals surface area contributed by atoms with Gasteiger partial charge in [-0.2, -0.15) is 5.10 Å². The Bertz CT molecular complexity index is 1010. The number of esters is 1. The first kappa shape index (κ1) is 16.1. The van der Waals surface area contributed by atoms with Crippen LogP contribution in [0.4, 0.5) is 0 Å². The van der Waals surface area contributed by atoms with Gasteiger partial charge in [-0.25, -0.2) is 9.78 Å². The van der Waals surface area contributed by atoms with E-state index < -0.39 is 0 Å². The number of para-hydroxylation sites is 1. The normalized spacial score (nSPS) is 10.9. The number of carbonyl (C=O) groups excluding carboxylic acids is 1. The number of rotatable bonds is 6. The van der Waals surface area contributed by atoms with Crippen molar-refractivity contribution in [1.29, 1.82) is 0 Å². The highest BCUT2D eigenvalue weighted by Crippen LogP contribution is 2.25. The molecule has 4 aromatic rings. The number of hydrogen-bond donors (Lipinski definition) is 0. The van der Waals surface area contributed by atoms with E-state index >= 15 is 0 Å². The number of ether oxygens (including phenoxy) is 1. The van der Waals surface area contributed by atoms with E-state index in [9.17, 15) is 4.79 Å². The minimum Gasteiger partial charge on any atom is -0.463 e. The molecule has 4 rings (SSSR count). The van der Waals surface area contributed by atoms with E-state index in [1.165, 1.54) is 0 Å². The Kier molecular flexibility index (Phi) is 4.47. The molecule has 26 heavy (non-hydrogen) atoms. The van der Waals surface area contributed by atoms with Crippen molar-refractivity contribution in [3.8, 4) is 11.5 Å². The third-order valence-corrected chi connectivity index (χ3v) is 4.03. The van der Waals surface area contributed by atoms with Gasteiger partial charge >= 0.3 is 5.97 Å². The fraction of sp³-hybridized carbons (Fsp3) is 0.150. The van der Waals surface area contributed by atoms with Crippen molar-refractivity contribution < 1.29 is 13.9 Å². The number of benzene rings is 1. The molecule has 1 aromatic carbocycles. The van der Waals surface area contributed by atoms with Crippen LogP contribution >= 0.6 is 0 Å². The molecule has 3 aromatic heterocycles. The van der Waals surface area contributed by atoms with Gasteiger partial charge < -0.3 is 9.15 Å². The van der Waals surface area contributed by atoms with E-state index in [-0.39, 0.29) is 5.97 Å². The van der Waals surface area contributed by atoms with Crippen molar-refractivity contribution in [2.75, 3.05) is 6.61 Å². The lowest BCUT2D eigenvalue weighted by atomic mass is 10.1. The van der Waals surface area contributed by atoms with Crippen LogP contribution in [0.2, 0.25) is 0 Å². The van der Waals surface area contributed by atoms with Crippen molar-refractivity contribution in [2.45, 2.75) is 13.0 Å². The maximum Gasteiger partial charge on any atom is 0.338 e. The zero-order valence-electron chi connectivity index (χ0n) is 14.0. The fourth-order valence-electron chi connectivity index (χ4n) is 2.80. The van der Waals surface area contributed by atoms with Crippen LogP contribution in [0.3, 0.4) is 0 Å². The van der Waals surface area contributed by atoms with Gasteiger partial charge in [0.1, 0.15) is 5.69 Å². The molecular weight excluding hydrogens is 330 g/mol. The summed E-state index contributed by atoms with van der Waals surface area (Å²) in [7, 11) is 0. The molecule has 0 radical (unpaired) electrons. The number of furan rings is 1. The number of fused-ring (bicyclic) bond motifs is 1. The molecule has 0 amide bonds. The summed E-state index contributed by atoms with van der Waals surface area (Å²) in [5, 5.41) is 4.89. The fourth-order valence-corrected chi connectivity index (χ4v) is 2.80. The van der Waals surface area contributed by atoms with Crippen LogP contribution in [0.25, 0.3) is 22.4 Å². The second-order valence-corrected chi connectivity index (χ2v) is 5.81. The number of pyridine rings is 1. The van der Waals surface area contributed by atoms with Crippen molar-refractivity contribution >= 4 is 16.9 Å². The molecule has 3 heterocycles. The molecule has 0 bridgehead atoms. The van der Waals surface area contributed by atoms with Crippen LogP contribution in [-0.2, 0) is 11.3 Å². The number of aryl methyl sites for hydroxylation is 1. The van der Waals surface area contributed by atoms with Crippen molar-refractivity contribution in [2.24, 2.45) is 0 Å². The quantitative estimate of drug-likeness (QED) is 0.390. The molecule has 0 N–H and O–H groups in total. The monoisotopic (exact) mass is 347 g/mol. The van der Waals surface area contributed by atoms with Gasteiger partial charge in [-0.1, -0.05) is 18.2 Å². The smallest absolute Gasteiger partial charge is 0.338 e. The highest BCUT2D eigenvalue weighted by molar-refractivity contribution is 6.04. The largest absolute Gasteiger partial charge is 0.463 e. The molecule has 0 aliphatic carbocycles. The molecule has 0 fully saturated rings. The second kappa shape index (κ2) is 7.23. The van der Waals surface area contributed by atoms with E-state index in [0.29, 0.717) is 36.6 Å². The molecule has 130 valence electrons. The van der Waals surface area contributed by atoms with Gasteiger partial charge in [0.25, 0.3) is 0 Å². The topological polar surface area (TPSA) is 70.2 Å². The van der Waals surface area contributed by atoms with E-state index in [2.05, 4.69) is 10.1 Å². The summed E-state index contributed by atoms with van der Waals surface area (Å²) < 4.78 is 12.7. The van der Waals surface area contributed by atoms with Gasteiger partial charge in [0, 0.05) is 30.7 Å². The molecule has 0 saturated carbocycles. The van der Waals surface area contributed by atoms with Crippen molar-refractivity contribution in [3.63, 3.8) is 0 Å². The molecular formula is C20H17N3O3. The second-order valence-electron chi connectivity index (χ2n) is 5.81. The molecule has 6 heteroatoms. The molecule has 0 aliphatic heterocycles. The molecule has 0 spiro atoms. The Morgan fingerprint density at radius 2 is 2.08 bits per heavy atom. The van der Waals surface area contributed by atoms with Gasteiger partial charge in [-0.15, -0.1) is 0 Å². The summed E-state index contributed by atoms with van der Waals surface area (Å²) >= 11 is 0.